The van der Waals surface area contributed by atoms with Gasteiger partial charge in [0.15, 0.2) is 0 Å². The minimum Gasteiger partial charge on any atom is -0.384 e. The molecule has 2 aromatic rings. The lowest BCUT2D eigenvalue weighted by Crippen LogP contribution is -2.14. The summed E-state index contributed by atoms with van der Waals surface area (Å²) in [6.07, 6.45) is 1.63. The Morgan fingerprint density at radius 3 is 2.86 bits per heavy atom. The molecule has 0 bridgehead atoms. The highest BCUT2D eigenvalue weighted by atomic mass is 79.9. The fraction of sp³-hybridized carbons (Fsp3) is 0.200. The molecule has 0 atom stereocenters. The molecular formula is C15H15BrFN3O. The highest BCUT2D eigenvalue weighted by Gasteiger charge is 2.12. The number of carbonyl (C=O) groups is 1. The first-order chi connectivity index (χ1) is 9.99. The lowest BCUT2D eigenvalue weighted by atomic mass is 10.1. The smallest absolute Gasteiger partial charge is 0.255 e. The number of aromatic nitrogens is 1. The van der Waals surface area contributed by atoms with E-state index < -0.39 is 11.7 Å². The Morgan fingerprint density at radius 2 is 2.14 bits per heavy atom. The zero-order valence-corrected chi connectivity index (χ0v) is 13.1. The molecule has 0 radical (unpaired) electrons. The molecule has 0 aliphatic heterocycles. The lowest BCUT2D eigenvalue weighted by molar-refractivity contribution is 0.102. The van der Waals surface area contributed by atoms with Crippen LogP contribution in [-0.4, -0.2) is 10.9 Å². The zero-order chi connectivity index (χ0) is 15.4. The van der Waals surface area contributed by atoms with Gasteiger partial charge in [-0.3, -0.25) is 4.79 Å². The van der Waals surface area contributed by atoms with Crippen LogP contribution in [0.25, 0.3) is 0 Å². The van der Waals surface area contributed by atoms with Crippen molar-refractivity contribution in [2.45, 2.75) is 19.8 Å². The van der Waals surface area contributed by atoms with Gasteiger partial charge in [-0.1, -0.05) is 29.3 Å². The largest absolute Gasteiger partial charge is 0.384 e. The predicted molar refractivity (Wildman–Crippen MR) is 84.7 cm³/mol. The number of hydrogen-bond donors (Lipinski definition) is 2. The number of rotatable bonds is 4. The van der Waals surface area contributed by atoms with Gasteiger partial charge in [-0.25, -0.2) is 9.37 Å². The Balaban J connectivity index is 2.25. The zero-order valence-electron chi connectivity index (χ0n) is 11.5. The maximum absolute atomic E-state index is 13.7. The van der Waals surface area contributed by atoms with Crippen LogP contribution in [0.5, 0.6) is 0 Å². The van der Waals surface area contributed by atoms with Crippen LogP contribution in [-0.2, 0) is 6.42 Å². The minimum atomic E-state index is -0.498. The number of nitrogens with one attached hydrogen (secondary N) is 1. The van der Waals surface area contributed by atoms with Gasteiger partial charge < -0.3 is 11.1 Å². The van der Waals surface area contributed by atoms with Crippen molar-refractivity contribution in [2.24, 2.45) is 0 Å². The summed E-state index contributed by atoms with van der Waals surface area (Å²) >= 11 is 3.24. The number of benzene rings is 1. The van der Waals surface area contributed by atoms with Crippen LogP contribution in [0.1, 0.15) is 29.4 Å². The molecule has 0 spiro atoms. The summed E-state index contributed by atoms with van der Waals surface area (Å²) in [6.45, 7) is 2.02. The molecule has 3 N–H and O–H groups in total. The van der Waals surface area contributed by atoms with E-state index in [2.05, 4.69) is 26.2 Å². The molecule has 0 fully saturated rings. The van der Waals surface area contributed by atoms with Gasteiger partial charge in [0.2, 0.25) is 0 Å². The first-order valence-electron chi connectivity index (χ1n) is 6.52. The molecule has 0 saturated heterocycles. The summed E-state index contributed by atoms with van der Waals surface area (Å²) in [5.41, 5.74) is 6.93. The third-order valence-corrected chi connectivity index (χ3v) is 3.34. The van der Waals surface area contributed by atoms with E-state index in [4.69, 9.17) is 5.73 Å². The number of nitrogen functional groups attached to an aromatic ring is 1. The molecule has 0 unspecified atom stereocenters. The first-order valence-corrected chi connectivity index (χ1v) is 7.31. The molecule has 0 saturated carbocycles. The Morgan fingerprint density at radius 1 is 1.38 bits per heavy atom. The van der Waals surface area contributed by atoms with E-state index >= 15 is 0 Å². The second-order valence-corrected chi connectivity index (χ2v) is 5.52. The lowest BCUT2D eigenvalue weighted by Gasteiger charge is -2.09. The number of nitrogens with two attached hydrogens (primary N) is 1. The molecule has 1 amide bonds. The van der Waals surface area contributed by atoms with Crippen LogP contribution in [0.3, 0.4) is 0 Å². The van der Waals surface area contributed by atoms with Crippen molar-refractivity contribution >= 4 is 33.3 Å². The summed E-state index contributed by atoms with van der Waals surface area (Å²) in [4.78, 5) is 16.4. The molecule has 110 valence electrons. The summed E-state index contributed by atoms with van der Waals surface area (Å²) in [5, 5.41) is 2.54. The van der Waals surface area contributed by atoms with Crippen molar-refractivity contribution in [3.05, 3.63) is 51.9 Å². The monoisotopic (exact) mass is 351 g/mol. The second-order valence-electron chi connectivity index (χ2n) is 4.60. The fourth-order valence-corrected chi connectivity index (χ4v) is 2.28. The van der Waals surface area contributed by atoms with Gasteiger partial charge in [-0.15, -0.1) is 0 Å². The van der Waals surface area contributed by atoms with Crippen LogP contribution < -0.4 is 11.1 Å². The predicted octanol–water partition coefficient (Wildman–Crippen LogP) is 3.77. The van der Waals surface area contributed by atoms with Crippen LogP contribution in [0.4, 0.5) is 15.9 Å². The molecular weight excluding hydrogens is 337 g/mol. The van der Waals surface area contributed by atoms with Gasteiger partial charge in [0.05, 0.1) is 5.69 Å². The van der Waals surface area contributed by atoms with E-state index in [0.717, 1.165) is 18.5 Å². The van der Waals surface area contributed by atoms with Crippen molar-refractivity contribution < 1.29 is 9.18 Å². The van der Waals surface area contributed by atoms with Crippen molar-refractivity contribution in [1.82, 2.24) is 4.98 Å². The maximum atomic E-state index is 13.7. The maximum Gasteiger partial charge on any atom is 0.255 e. The van der Waals surface area contributed by atoms with Crippen molar-refractivity contribution in [3.63, 3.8) is 0 Å². The molecule has 6 heteroatoms. The van der Waals surface area contributed by atoms with E-state index in [-0.39, 0.29) is 11.5 Å². The molecule has 4 nitrogen and oxygen atoms in total. The summed E-state index contributed by atoms with van der Waals surface area (Å²) in [7, 11) is 0. The van der Waals surface area contributed by atoms with E-state index in [1.807, 2.05) is 6.92 Å². The number of anilines is 2. The molecule has 1 heterocycles. The van der Waals surface area contributed by atoms with Crippen LogP contribution >= 0.6 is 15.9 Å². The minimum absolute atomic E-state index is 0.113. The number of pyridine rings is 1. The van der Waals surface area contributed by atoms with Crippen molar-refractivity contribution in [2.75, 3.05) is 11.1 Å². The molecule has 1 aromatic heterocycles. The van der Waals surface area contributed by atoms with E-state index in [1.165, 1.54) is 18.2 Å². The van der Waals surface area contributed by atoms with Crippen molar-refractivity contribution in [1.29, 1.82) is 0 Å². The number of amides is 1. The molecule has 0 aliphatic carbocycles. The summed E-state index contributed by atoms with van der Waals surface area (Å²) in [5.74, 6) is -0.637. The number of halogens is 2. The number of carbonyl (C=O) groups excluding carboxylic acids is 1. The number of nitrogens with zero attached hydrogens (tertiary/aromatic N) is 1. The van der Waals surface area contributed by atoms with Gasteiger partial charge in [-0.2, -0.15) is 0 Å². The van der Waals surface area contributed by atoms with Crippen molar-refractivity contribution in [3.8, 4) is 0 Å². The van der Waals surface area contributed by atoms with Gasteiger partial charge >= 0.3 is 0 Å². The normalized spacial score (nSPS) is 10.4. The third kappa shape index (κ3) is 4.01. The van der Waals surface area contributed by atoms with Gasteiger partial charge in [-0.05, 0) is 36.8 Å². The molecule has 1 aromatic carbocycles. The van der Waals surface area contributed by atoms with E-state index in [1.54, 1.807) is 12.1 Å². The number of hydrogen-bond acceptors (Lipinski definition) is 3. The highest BCUT2D eigenvalue weighted by molar-refractivity contribution is 9.10. The summed E-state index contributed by atoms with van der Waals surface area (Å²) in [6, 6.07) is 7.50. The highest BCUT2D eigenvalue weighted by Crippen LogP contribution is 2.21. The Labute approximate surface area is 130 Å². The van der Waals surface area contributed by atoms with E-state index in [9.17, 15) is 9.18 Å². The molecule has 0 aliphatic rings. The van der Waals surface area contributed by atoms with Crippen LogP contribution in [0.2, 0.25) is 0 Å². The second kappa shape index (κ2) is 6.67. The van der Waals surface area contributed by atoms with Gasteiger partial charge in [0.1, 0.15) is 11.6 Å². The number of aryl methyl sites for hydroxylation is 1. The molecule has 21 heavy (non-hydrogen) atoms. The quantitative estimate of drug-likeness (QED) is 0.880. The van der Waals surface area contributed by atoms with Crippen LogP contribution in [0, 0.1) is 5.82 Å². The van der Waals surface area contributed by atoms with E-state index in [0.29, 0.717) is 10.0 Å². The fourth-order valence-electron chi connectivity index (χ4n) is 1.91. The SMILES string of the molecule is CCCc1cc(C(=O)Nc2cc(Br)ccc2F)cc(N)n1. The van der Waals surface area contributed by atoms with Gasteiger partial charge in [0.25, 0.3) is 5.91 Å². The molecule has 2 rings (SSSR count). The Hall–Kier alpha value is -1.95. The van der Waals surface area contributed by atoms with Crippen LogP contribution in [0.15, 0.2) is 34.8 Å². The average molecular weight is 352 g/mol. The first kappa shape index (κ1) is 15.4. The third-order valence-electron chi connectivity index (χ3n) is 2.84. The van der Waals surface area contributed by atoms with Gasteiger partial charge in [0, 0.05) is 15.7 Å². The standard InChI is InChI=1S/C15H15BrFN3O/c1-2-3-11-6-9(7-14(18)19-11)15(21)20-13-8-10(16)4-5-12(13)17/h4-8H,2-3H2,1H3,(H2,18,19)(H,20,21). The Bertz CT molecular complexity index is 676. The average Bonchev–Trinajstić information content (AvgIpc) is 2.42. The topological polar surface area (TPSA) is 68.0 Å². The Kier molecular flexibility index (Phi) is 4.90. The summed E-state index contributed by atoms with van der Waals surface area (Å²) < 4.78 is 14.3.